The molecule has 0 aliphatic rings. The fraction of sp³-hybridized carbons (Fsp3) is 0.450. The topological polar surface area (TPSA) is 119 Å². The summed E-state index contributed by atoms with van der Waals surface area (Å²) in [5.41, 5.74) is -0.152. The van der Waals surface area contributed by atoms with Crippen molar-refractivity contribution in [3.63, 3.8) is 0 Å². The SMILES string of the molecule is C[C@H](OC(=O)CCc1nc2ccccc2c(=O)n1C)C(=O)NC(=O)NC(C)(C)C. The van der Waals surface area contributed by atoms with Crippen LogP contribution in [-0.4, -0.2) is 39.1 Å². The van der Waals surface area contributed by atoms with Crippen molar-refractivity contribution in [3.05, 3.63) is 40.4 Å². The number of hydrogen-bond acceptors (Lipinski definition) is 6. The number of imide groups is 1. The Morgan fingerprint density at radius 2 is 1.86 bits per heavy atom. The first kappa shape index (κ1) is 22.1. The molecule has 0 aliphatic heterocycles. The molecule has 1 atom stereocenters. The van der Waals surface area contributed by atoms with Crippen LogP contribution in [0.1, 0.15) is 39.9 Å². The number of nitrogens with zero attached hydrogens (tertiary/aromatic N) is 2. The highest BCUT2D eigenvalue weighted by Gasteiger charge is 2.22. The van der Waals surface area contributed by atoms with Gasteiger partial charge in [-0.1, -0.05) is 12.1 Å². The molecule has 0 aliphatic carbocycles. The summed E-state index contributed by atoms with van der Waals surface area (Å²) >= 11 is 0. The van der Waals surface area contributed by atoms with E-state index in [0.717, 1.165) is 0 Å². The molecule has 1 heterocycles. The maximum absolute atomic E-state index is 12.4. The number of urea groups is 1. The fourth-order valence-corrected chi connectivity index (χ4v) is 2.60. The second-order valence-electron chi connectivity index (χ2n) is 7.73. The van der Waals surface area contributed by atoms with Crippen molar-refractivity contribution in [1.29, 1.82) is 0 Å². The Morgan fingerprint density at radius 3 is 2.52 bits per heavy atom. The van der Waals surface area contributed by atoms with E-state index < -0.39 is 29.6 Å². The molecule has 0 unspecified atom stereocenters. The maximum Gasteiger partial charge on any atom is 0.321 e. The number of hydrogen-bond donors (Lipinski definition) is 2. The van der Waals surface area contributed by atoms with Crippen LogP contribution >= 0.6 is 0 Å². The zero-order valence-electron chi connectivity index (χ0n) is 17.2. The number of rotatable bonds is 5. The molecule has 0 bridgehead atoms. The molecule has 0 spiro atoms. The number of carbonyl (C=O) groups is 3. The number of carbonyl (C=O) groups excluding carboxylic acids is 3. The average Bonchev–Trinajstić information content (AvgIpc) is 2.61. The second kappa shape index (κ2) is 8.85. The molecule has 29 heavy (non-hydrogen) atoms. The molecule has 1 aromatic heterocycles. The lowest BCUT2D eigenvalue weighted by atomic mass is 10.1. The number of nitrogens with one attached hydrogen (secondary N) is 2. The molecule has 0 radical (unpaired) electrons. The van der Waals surface area contributed by atoms with Crippen LogP contribution in [-0.2, 0) is 27.8 Å². The van der Waals surface area contributed by atoms with Gasteiger partial charge in [-0.25, -0.2) is 9.78 Å². The zero-order chi connectivity index (χ0) is 21.8. The van der Waals surface area contributed by atoms with E-state index in [4.69, 9.17) is 4.74 Å². The van der Waals surface area contributed by atoms with Crippen LogP contribution in [0, 0.1) is 0 Å². The smallest absolute Gasteiger partial charge is 0.321 e. The molecule has 0 saturated carbocycles. The van der Waals surface area contributed by atoms with Crippen LogP contribution in [0.15, 0.2) is 29.1 Å². The normalized spacial score (nSPS) is 12.3. The first-order valence-electron chi connectivity index (χ1n) is 9.25. The van der Waals surface area contributed by atoms with E-state index in [1.807, 2.05) is 0 Å². The highest BCUT2D eigenvalue weighted by atomic mass is 16.5. The number of aryl methyl sites for hydroxylation is 1. The van der Waals surface area contributed by atoms with Crippen molar-refractivity contribution in [2.45, 2.75) is 52.2 Å². The van der Waals surface area contributed by atoms with Crippen molar-refractivity contribution < 1.29 is 19.1 Å². The molecule has 3 amide bonds. The Bertz CT molecular complexity index is 991. The van der Waals surface area contributed by atoms with Gasteiger partial charge in [-0.3, -0.25) is 24.3 Å². The monoisotopic (exact) mass is 402 g/mol. The van der Waals surface area contributed by atoms with E-state index in [9.17, 15) is 19.2 Å². The predicted octanol–water partition coefficient (Wildman–Crippen LogP) is 1.42. The average molecular weight is 402 g/mol. The second-order valence-corrected chi connectivity index (χ2v) is 7.73. The standard InChI is InChI=1S/C20H26N4O5/c1-12(17(26)22-19(28)23-20(2,3)4)29-16(25)11-10-15-21-14-9-7-6-8-13(14)18(27)24(15)5/h6-9,12H,10-11H2,1-5H3,(H2,22,23,26,28)/t12-/m0/s1. The third kappa shape index (κ3) is 6.13. The molecule has 2 rings (SSSR count). The minimum absolute atomic E-state index is 0.0651. The van der Waals surface area contributed by atoms with Gasteiger partial charge >= 0.3 is 12.0 Å². The molecular formula is C20H26N4O5. The van der Waals surface area contributed by atoms with E-state index in [2.05, 4.69) is 15.6 Å². The summed E-state index contributed by atoms with van der Waals surface area (Å²) in [6.45, 7) is 6.69. The molecule has 0 saturated heterocycles. The molecule has 9 nitrogen and oxygen atoms in total. The summed E-state index contributed by atoms with van der Waals surface area (Å²) in [7, 11) is 1.59. The lowest BCUT2D eigenvalue weighted by Crippen LogP contribution is -2.50. The third-order valence-electron chi connectivity index (χ3n) is 4.03. The molecule has 2 aromatic rings. The van der Waals surface area contributed by atoms with Gasteiger partial charge in [0.15, 0.2) is 6.10 Å². The summed E-state index contributed by atoms with van der Waals surface area (Å²) in [4.78, 5) is 52.6. The van der Waals surface area contributed by atoms with Crippen LogP contribution in [0.2, 0.25) is 0 Å². The number of fused-ring (bicyclic) bond motifs is 1. The van der Waals surface area contributed by atoms with Crippen molar-refractivity contribution in [2.24, 2.45) is 7.05 Å². The molecule has 156 valence electrons. The van der Waals surface area contributed by atoms with E-state index in [0.29, 0.717) is 16.7 Å². The summed E-state index contributed by atoms with van der Waals surface area (Å²) in [5, 5.41) is 5.21. The number of amides is 3. The highest BCUT2D eigenvalue weighted by molar-refractivity contribution is 5.97. The van der Waals surface area contributed by atoms with Gasteiger partial charge in [-0.2, -0.15) is 0 Å². The van der Waals surface area contributed by atoms with E-state index in [1.165, 1.54) is 11.5 Å². The van der Waals surface area contributed by atoms with Gasteiger partial charge in [0.25, 0.3) is 11.5 Å². The van der Waals surface area contributed by atoms with Gasteiger partial charge in [-0.05, 0) is 39.8 Å². The van der Waals surface area contributed by atoms with Gasteiger partial charge in [0.1, 0.15) is 5.82 Å². The van der Waals surface area contributed by atoms with Crippen molar-refractivity contribution in [1.82, 2.24) is 20.2 Å². The minimum Gasteiger partial charge on any atom is -0.453 e. The van der Waals surface area contributed by atoms with Crippen molar-refractivity contribution >= 4 is 28.8 Å². The summed E-state index contributed by atoms with van der Waals surface area (Å²) < 4.78 is 6.47. The first-order chi connectivity index (χ1) is 13.5. The Morgan fingerprint density at radius 1 is 1.21 bits per heavy atom. The molecular weight excluding hydrogens is 376 g/mol. The summed E-state index contributed by atoms with van der Waals surface area (Å²) in [6, 6.07) is 6.30. The largest absolute Gasteiger partial charge is 0.453 e. The van der Waals surface area contributed by atoms with Crippen molar-refractivity contribution in [2.75, 3.05) is 0 Å². The highest BCUT2D eigenvalue weighted by Crippen LogP contribution is 2.09. The lowest BCUT2D eigenvalue weighted by molar-refractivity contribution is -0.154. The van der Waals surface area contributed by atoms with E-state index in [-0.39, 0.29) is 18.4 Å². The Balaban J connectivity index is 1.94. The van der Waals surface area contributed by atoms with Gasteiger partial charge in [0, 0.05) is 19.0 Å². The van der Waals surface area contributed by atoms with Crippen molar-refractivity contribution in [3.8, 4) is 0 Å². The Labute approximate surface area is 168 Å². The quantitative estimate of drug-likeness (QED) is 0.730. The van der Waals surface area contributed by atoms with E-state index in [1.54, 1.807) is 52.1 Å². The molecule has 2 N–H and O–H groups in total. The molecule has 9 heteroatoms. The number of ether oxygens (including phenoxy) is 1. The number of benzene rings is 1. The minimum atomic E-state index is -1.14. The summed E-state index contributed by atoms with van der Waals surface area (Å²) in [5.74, 6) is -0.921. The third-order valence-corrected chi connectivity index (χ3v) is 4.03. The van der Waals surface area contributed by atoms with Crippen LogP contribution < -0.4 is 16.2 Å². The summed E-state index contributed by atoms with van der Waals surface area (Å²) in [6.07, 6.45) is -1.03. The number of aromatic nitrogens is 2. The molecule has 1 aromatic carbocycles. The van der Waals surface area contributed by atoms with Gasteiger partial charge in [0.2, 0.25) is 0 Å². The fourth-order valence-electron chi connectivity index (χ4n) is 2.60. The van der Waals surface area contributed by atoms with Crippen LogP contribution in [0.5, 0.6) is 0 Å². The van der Waals surface area contributed by atoms with Crippen LogP contribution in [0.25, 0.3) is 10.9 Å². The zero-order valence-corrected chi connectivity index (χ0v) is 17.2. The molecule has 0 fully saturated rings. The van der Waals surface area contributed by atoms with Crippen LogP contribution in [0.3, 0.4) is 0 Å². The maximum atomic E-state index is 12.4. The van der Waals surface area contributed by atoms with Gasteiger partial charge in [0.05, 0.1) is 17.3 Å². The van der Waals surface area contributed by atoms with E-state index >= 15 is 0 Å². The van der Waals surface area contributed by atoms with Gasteiger partial charge in [-0.15, -0.1) is 0 Å². The Hall–Kier alpha value is -3.23. The first-order valence-corrected chi connectivity index (χ1v) is 9.25. The lowest BCUT2D eigenvalue weighted by Gasteiger charge is -2.21. The number of para-hydroxylation sites is 1. The Kier molecular flexibility index (Phi) is 6.73. The van der Waals surface area contributed by atoms with Crippen LogP contribution in [0.4, 0.5) is 4.79 Å². The predicted molar refractivity (Wildman–Crippen MR) is 107 cm³/mol. The van der Waals surface area contributed by atoms with Gasteiger partial charge < -0.3 is 10.1 Å². The number of esters is 1.